The van der Waals surface area contributed by atoms with Gasteiger partial charge in [-0.3, -0.25) is 14.9 Å². The van der Waals surface area contributed by atoms with Crippen LogP contribution in [0.15, 0.2) is 36.4 Å². The van der Waals surface area contributed by atoms with Crippen LogP contribution in [0.3, 0.4) is 0 Å². The van der Waals surface area contributed by atoms with Crippen molar-refractivity contribution < 1.29 is 14.1 Å². The number of aryl methyl sites for hydroxylation is 1. The number of rotatable bonds is 2. The smallest absolute Gasteiger partial charge is 0.288 e. The molecule has 1 heterocycles. The monoisotopic (exact) mass is 334 g/mol. The topological polar surface area (TPSA) is 63.4 Å². The molecule has 0 N–H and O–H groups in total. The third-order valence-corrected chi connectivity index (χ3v) is 4.12. The van der Waals surface area contributed by atoms with Crippen molar-refractivity contribution in [2.24, 2.45) is 0 Å². The molecule has 0 saturated carbocycles. The molecule has 0 unspecified atom stereocenters. The predicted octanol–water partition coefficient (Wildman–Crippen LogP) is 3.98. The summed E-state index contributed by atoms with van der Waals surface area (Å²) in [6, 6.07) is 8.25. The van der Waals surface area contributed by atoms with E-state index in [1.165, 1.54) is 29.2 Å². The maximum absolute atomic E-state index is 13.5. The molecule has 0 atom stereocenters. The van der Waals surface area contributed by atoms with Crippen molar-refractivity contribution in [1.29, 1.82) is 0 Å². The summed E-state index contributed by atoms with van der Waals surface area (Å²) >= 11 is 5.77. The highest BCUT2D eigenvalue weighted by molar-refractivity contribution is 6.32. The molecular weight excluding hydrogens is 323 g/mol. The van der Waals surface area contributed by atoms with Gasteiger partial charge in [-0.1, -0.05) is 17.7 Å². The first-order valence-corrected chi connectivity index (χ1v) is 7.39. The molecule has 0 saturated heterocycles. The van der Waals surface area contributed by atoms with E-state index in [1.54, 1.807) is 6.07 Å². The Balaban J connectivity index is 2.01. The van der Waals surface area contributed by atoms with Crippen molar-refractivity contribution in [1.82, 2.24) is 0 Å². The molecule has 0 radical (unpaired) electrons. The van der Waals surface area contributed by atoms with E-state index < -0.39 is 16.6 Å². The molecule has 118 valence electrons. The summed E-state index contributed by atoms with van der Waals surface area (Å²) < 4.78 is 13.5. The van der Waals surface area contributed by atoms with Gasteiger partial charge < -0.3 is 4.90 Å². The third-order valence-electron chi connectivity index (χ3n) is 3.80. The SMILES string of the molecule is O=C(c1ccc(Cl)c([N+](=O)[O-])c1)N1CCCc2ccc(F)cc21. The van der Waals surface area contributed by atoms with Crippen LogP contribution in [0.5, 0.6) is 0 Å². The quantitative estimate of drug-likeness (QED) is 0.616. The molecule has 5 nitrogen and oxygen atoms in total. The van der Waals surface area contributed by atoms with Crippen molar-refractivity contribution in [3.8, 4) is 0 Å². The highest BCUT2D eigenvalue weighted by atomic mass is 35.5. The molecule has 3 rings (SSSR count). The van der Waals surface area contributed by atoms with Crippen LogP contribution in [0.1, 0.15) is 22.3 Å². The number of hydrogen-bond donors (Lipinski definition) is 0. The fourth-order valence-electron chi connectivity index (χ4n) is 2.70. The van der Waals surface area contributed by atoms with Crippen LogP contribution in [0.2, 0.25) is 5.02 Å². The van der Waals surface area contributed by atoms with E-state index in [0.717, 1.165) is 24.5 Å². The summed E-state index contributed by atoms with van der Waals surface area (Å²) in [5.41, 5.74) is 1.22. The summed E-state index contributed by atoms with van der Waals surface area (Å²) in [7, 11) is 0. The fourth-order valence-corrected chi connectivity index (χ4v) is 2.89. The number of halogens is 2. The lowest BCUT2D eigenvalue weighted by Crippen LogP contribution is -2.35. The van der Waals surface area contributed by atoms with Crippen LogP contribution >= 0.6 is 11.6 Å². The van der Waals surface area contributed by atoms with Gasteiger partial charge in [-0.15, -0.1) is 0 Å². The van der Waals surface area contributed by atoms with Crippen LogP contribution < -0.4 is 4.90 Å². The zero-order valence-electron chi connectivity index (χ0n) is 12.0. The Morgan fingerprint density at radius 2 is 2.04 bits per heavy atom. The lowest BCUT2D eigenvalue weighted by Gasteiger charge is -2.29. The van der Waals surface area contributed by atoms with Gasteiger partial charge in [-0.05, 0) is 42.7 Å². The van der Waals surface area contributed by atoms with E-state index in [-0.39, 0.29) is 16.3 Å². The molecule has 0 bridgehead atoms. The van der Waals surface area contributed by atoms with Gasteiger partial charge in [0.05, 0.1) is 10.6 Å². The Labute approximate surface area is 136 Å². The van der Waals surface area contributed by atoms with E-state index in [9.17, 15) is 19.3 Å². The number of carbonyl (C=O) groups excluding carboxylic acids is 1. The molecule has 23 heavy (non-hydrogen) atoms. The first kappa shape index (κ1) is 15.4. The van der Waals surface area contributed by atoms with Gasteiger partial charge in [0.2, 0.25) is 0 Å². The zero-order chi connectivity index (χ0) is 16.6. The Morgan fingerprint density at radius 1 is 1.26 bits per heavy atom. The van der Waals surface area contributed by atoms with Crippen molar-refractivity contribution in [2.75, 3.05) is 11.4 Å². The Kier molecular flexibility index (Phi) is 4.00. The number of benzene rings is 2. The normalized spacial score (nSPS) is 13.6. The number of fused-ring (bicyclic) bond motifs is 1. The van der Waals surface area contributed by atoms with E-state index in [2.05, 4.69) is 0 Å². The largest absolute Gasteiger partial charge is 0.308 e. The van der Waals surface area contributed by atoms with Gasteiger partial charge in [0.1, 0.15) is 10.8 Å². The Hall–Kier alpha value is -2.47. The molecule has 2 aromatic carbocycles. The molecule has 1 aliphatic rings. The van der Waals surface area contributed by atoms with Gasteiger partial charge in [0.15, 0.2) is 0 Å². The fraction of sp³-hybridized carbons (Fsp3) is 0.188. The van der Waals surface area contributed by atoms with Crippen LogP contribution in [-0.2, 0) is 6.42 Å². The standard InChI is InChI=1S/C16H12ClFN2O3/c17-13-6-4-11(8-15(13)20(22)23)16(21)19-7-1-2-10-3-5-12(18)9-14(10)19/h3-6,8-9H,1-2,7H2. The first-order valence-electron chi connectivity index (χ1n) is 7.01. The molecule has 1 amide bonds. The average molecular weight is 335 g/mol. The molecule has 0 spiro atoms. The van der Waals surface area contributed by atoms with Crippen LogP contribution in [0.25, 0.3) is 0 Å². The second-order valence-electron chi connectivity index (χ2n) is 5.26. The average Bonchev–Trinajstić information content (AvgIpc) is 2.53. The molecule has 1 aliphatic heterocycles. The number of hydrogen-bond acceptors (Lipinski definition) is 3. The van der Waals surface area contributed by atoms with Crippen LogP contribution in [-0.4, -0.2) is 17.4 Å². The predicted molar refractivity (Wildman–Crippen MR) is 84.5 cm³/mol. The van der Waals surface area contributed by atoms with Crippen LogP contribution in [0, 0.1) is 15.9 Å². The molecule has 7 heteroatoms. The maximum Gasteiger partial charge on any atom is 0.288 e. The van der Waals surface area contributed by atoms with E-state index in [0.29, 0.717) is 12.2 Å². The lowest BCUT2D eigenvalue weighted by molar-refractivity contribution is -0.384. The molecule has 0 aromatic heterocycles. The Bertz CT molecular complexity index is 810. The van der Waals surface area contributed by atoms with Crippen LogP contribution in [0.4, 0.5) is 15.8 Å². The number of nitro benzene ring substituents is 1. The maximum atomic E-state index is 13.5. The summed E-state index contributed by atoms with van der Waals surface area (Å²) in [5, 5.41) is 10.9. The van der Waals surface area contributed by atoms with Gasteiger partial charge in [-0.25, -0.2) is 4.39 Å². The number of nitrogens with zero attached hydrogens (tertiary/aromatic N) is 2. The second-order valence-corrected chi connectivity index (χ2v) is 5.66. The summed E-state index contributed by atoms with van der Waals surface area (Å²) in [6.45, 7) is 0.436. The number of nitro groups is 1. The summed E-state index contributed by atoms with van der Waals surface area (Å²) in [5.74, 6) is -0.832. The van der Waals surface area contributed by atoms with E-state index >= 15 is 0 Å². The Morgan fingerprint density at radius 3 is 2.78 bits per heavy atom. The minimum Gasteiger partial charge on any atom is -0.308 e. The minimum atomic E-state index is -0.636. The molecule has 2 aromatic rings. The number of anilines is 1. The van der Waals surface area contributed by atoms with Gasteiger partial charge in [0.25, 0.3) is 11.6 Å². The minimum absolute atomic E-state index is 0.0309. The second kappa shape index (κ2) is 5.96. The van der Waals surface area contributed by atoms with E-state index in [4.69, 9.17) is 11.6 Å². The molecular formula is C16H12ClFN2O3. The summed E-state index contributed by atoms with van der Waals surface area (Å²) in [4.78, 5) is 24.5. The molecule has 0 aliphatic carbocycles. The number of carbonyl (C=O) groups is 1. The first-order chi connectivity index (χ1) is 11.0. The lowest BCUT2D eigenvalue weighted by atomic mass is 10.0. The highest BCUT2D eigenvalue weighted by Gasteiger charge is 2.26. The van der Waals surface area contributed by atoms with Gasteiger partial charge in [0, 0.05) is 18.2 Å². The highest BCUT2D eigenvalue weighted by Crippen LogP contribution is 2.31. The zero-order valence-corrected chi connectivity index (χ0v) is 12.7. The van der Waals surface area contributed by atoms with Crippen molar-refractivity contribution in [2.45, 2.75) is 12.8 Å². The van der Waals surface area contributed by atoms with Crippen molar-refractivity contribution >= 4 is 28.9 Å². The van der Waals surface area contributed by atoms with Gasteiger partial charge in [-0.2, -0.15) is 0 Å². The van der Waals surface area contributed by atoms with Crippen molar-refractivity contribution in [3.05, 3.63) is 68.5 Å². The third kappa shape index (κ3) is 2.90. The molecule has 0 fully saturated rings. The van der Waals surface area contributed by atoms with E-state index in [1.807, 2.05) is 0 Å². The summed E-state index contributed by atoms with van der Waals surface area (Å²) in [6.07, 6.45) is 1.51. The van der Waals surface area contributed by atoms with Gasteiger partial charge >= 0.3 is 0 Å². The van der Waals surface area contributed by atoms with Crippen molar-refractivity contribution in [3.63, 3.8) is 0 Å². The number of amides is 1.